The fourth-order valence-electron chi connectivity index (χ4n) is 3.20. The Balaban J connectivity index is 2.73. The molecule has 0 aromatic carbocycles. The molecule has 0 heterocycles. The lowest BCUT2D eigenvalue weighted by Gasteiger charge is -2.32. The lowest BCUT2D eigenvalue weighted by molar-refractivity contribution is 0.377. The lowest BCUT2D eigenvalue weighted by atomic mass is 9.72. The van der Waals surface area contributed by atoms with Crippen molar-refractivity contribution in [2.24, 2.45) is 10.4 Å². The van der Waals surface area contributed by atoms with E-state index in [1.165, 1.54) is 36.6 Å². The number of halogens is 1. The van der Waals surface area contributed by atoms with E-state index in [4.69, 9.17) is 0 Å². The predicted octanol–water partition coefficient (Wildman–Crippen LogP) is 7.69. The summed E-state index contributed by atoms with van der Waals surface area (Å²) < 4.78 is 13.9. The largest absolute Gasteiger partial charge is 0.290 e. The van der Waals surface area contributed by atoms with E-state index in [0.717, 1.165) is 18.4 Å². The average molecular weight is 358 g/mol. The molecule has 1 aliphatic rings. The van der Waals surface area contributed by atoms with Crippen LogP contribution in [0.3, 0.4) is 0 Å². The maximum Gasteiger partial charge on any atom is 0.143 e. The zero-order chi connectivity index (χ0) is 19.6. The van der Waals surface area contributed by atoms with Crippen molar-refractivity contribution in [1.29, 1.82) is 0 Å². The Labute approximate surface area is 160 Å². The monoisotopic (exact) mass is 357 g/mol. The molecule has 0 atom stereocenters. The van der Waals surface area contributed by atoms with Crippen LogP contribution in [0.25, 0.3) is 0 Å². The van der Waals surface area contributed by atoms with Gasteiger partial charge in [-0.25, -0.2) is 4.39 Å². The van der Waals surface area contributed by atoms with Gasteiger partial charge in [-0.1, -0.05) is 68.7 Å². The van der Waals surface area contributed by atoms with Crippen LogP contribution in [0.4, 0.5) is 4.39 Å². The molecule has 26 heavy (non-hydrogen) atoms. The molecule has 0 aromatic heterocycles. The van der Waals surface area contributed by atoms with Crippen molar-refractivity contribution in [2.75, 3.05) is 6.54 Å². The normalized spacial score (nSPS) is 19.9. The van der Waals surface area contributed by atoms with E-state index in [0.29, 0.717) is 12.1 Å². The van der Waals surface area contributed by atoms with Crippen molar-refractivity contribution >= 4 is 6.21 Å². The van der Waals surface area contributed by atoms with Crippen LogP contribution in [0.1, 0.15) is 73.6 Å². The van der Waals surface area contributed by atoms with E-state index < -0.39 is 0 Å². The summed E-state index contributed by atoms with van der Waals surface area (Å²) in [4.78, 5) is 4.10. The van der Waals surface area contributed by atoms with Gasteiger partial charge in [-0.05, 0) is 63.0 Å². The summed E-state index contributed by atoms with van der Waals surface area (Å²) in [5, 5.41) is 0. The number of nitrogens with zero attached hydrogens (tertiary/aromatic N) is 1. The van der Waals surface area contributed by atoms with Gasteiger partial charge in [-0.2, -0.15) is 0 Å². The highest BCUT2D eigenvalue weighted by molar-refractivity contribution is 5.77. The zero-order valence-electron chi connectivity index (χ0n) is 17.5. The Kier molecular flexibility index (Phi) is 9.54. The third-order valence-corrected chi connectivity index (χ3v) is 4.98. The zero-order valence-corrected chi connectivity index (χ0v) is 17.5. The molecule has 0 saturated heterocycles. The summed E-state index contributed by atoms with van der Waals surface area (Å²) in [7, 11) is 0. The molecule has 144 valence electrons. The van der Waals surface area contributed by atoms with Gasteiger partial charge in [0.05, 0.1) is 6.21 Å². The van der Waals surface area contributed by atoms with Crippen molar-refractivity contribution in [2.45, 2.75) is 73.6 Å². The van der Waals surface area contributed by atoms with Crippen LogP contribution in [0.15, 0.2) is 63.5 Å². The van der Waals surface area contributed by atoms with Crippen LogP contribution in [0.5, 0.6) is 0 Å². The fraction of sp³-hybridized carbons (Fsp3) is 0.542. The fourth-order valence-corrected chi connectivity index (χ4v) is 3.20. The lowest BCUT2D eigenvalue weighted by Crippen LogP contribution is -2.19. The van der Waals surface area contributed by atoms with Crippen molar-refractivity contribution in [1.82, 2.24) is 0 Å². The molecule has 1 nitrogen and oxygen atoms in total. The van der Waals surface area contributed by atoms with Crippen LogP contribution in [-0.4, -0.2) is 12.8 Å². The van der Waals surface area contributed by atoms with Gasteiger partial charge in [0.15, 0.2) is 0 Å². The minimum atomic E-state index is -0.260. The van der Waals surface area contributed by atoms with Gasteiger partial charge in [0.25, 0.3) is 0 Å². The van der Waals surface area contributed by atoms with Gasteiger partial charge in [-0.3, -0.25) is 4.99 Å². The van der Waals surface area contributed by atoms with Crippen molar-refractivity contribution in [3.63, 3.8) is 0 Å². The Morgan fingerprint density at radius 1 is 1.23 bits per heavy atom. The first kappa shape index (κ1) is 22.3. The molecule has 0 bridgehead atoms. The molecule has 0 saturated carbocycles. The van der Waals surface area contributed by atoms with Crippen LogP contribution < -0.4 is 0 Å². The van der Waals surface area contributed by atoms with Crippen LogP contribution in [0, 0.1) is 5.41 Å². The third-order valence-electron chi connectivity index (χ3n) is 4.98. The second-order valence-corrected chi connectivity index (χ2v) is 7.95. The molecule has 0 unspecified atom stereocenters. The van der Waals surface area contributed by atoms with Crippen LogP contribution in [-0.2, 0) is 0 Å². The minimum Gasteiger partial charge on any atom is -0.290 e. The van der Waals surface area contributed by atoms with Crippen LogP contribution >= 0.6 is 0 Å². The van der Waals surface area contributed by atoms with E-state index in [-0.39, 0.29) is 11.2 Å². The van der Waals surface area contributed by atoms with Crippen molar-refractivity contribution < 1.29 is 4.39 Å². The molecule has 2 heteroatoms. The summed E-state index contributed by atoms with van der Waals surface area (Å²) >= 11 is 0. The molecule has 0 aromatic rings. The summed E-state index contributed by atoms with van der Waals surface area (Å²) in [5.41, 5.74) is 4.99. The summed E-state index contributed by atoms with van der Waals surface area (Å²) in [6, 6.07) is 0. The second-order valence-electron chi connectivity index (χ2n) is 7.95. The van der Waals surface area contributed by atoms with E-state index in [1.807, 2.05) is 12.2 Å². The van der Waals surface area contributed by atoms with E-state index >= 15 is 0 Å². The van der Waals surface area contributed by atoms with Crippen molar-refractivity contribution in [3.8, 4) is 0 Å². The number of hydrogen-bond acceptors (Lipinski definition) is 1. The second kappa shape index (κ2) is 11.1. The average Bonchev–Trinajstić information content (AvgIpc) is 2.57. The third kappa shape index (κ3) is 7.68. The smallest absolute Gasteiger partial charge is 0.143 e. The first-order valence-electron chi connectivity index (χ1n) is 9.87. The van der Waals surface area contributed by atoms with Gasteiger partial charge in [0.1, 0.15) is 5.83 Å². The first-order chi connectivity index (χ1) is 12.3. The first-order valence-corrected chi connectivity index (χ1v) is 9.87. The maximum absolute atomic E-state index is 13.9. The topological polar surface area (TPSA) is 12.4 Å². The molecule has 0 radical (unpaired) electrons. The van der Waals surface area contributed by atoms with Gasteiger partial charge >= 0.3 is 0 Å². The number of allylic oxidation sites excluding steroid dienone is 10. The Morgan fingerprint density at radius 2 is 1.96 bits per heavy atom. The quantitative estimate of drug-likeness (QED) is 0.240. The molecule has 1 rings (SSSR count). The molecule has 0 aliphatic heterocycles. The van der Waals surface area contributed by atoms with Gasteiger partial charge in [-0.15, -0.1) is 0 Å². The van der Waals surface area contributed by atoms with E-state index in [1.54, 1.807) is 13.0 Å². The number of rotatable bonds is 8. The SMILES string of the molecule is CCCCN=C/C(F)=C(C)/C=C/C=C(C)/C=C/C1=C(C)CCCC1(C)C. The highest BCUT2D eigenvalue weighted by Crippen LogP contribution is 2.40. The summed E-state index contributed by atoms with van der Waals surface area (Å²) in [5.74, 6) is -0.260. The number of unbranched alkanes of at least 4 members (excludes halogenated alkanes) is 1. The molecule has 0 N–H and O–H groups in total. The highest BCUT2D eigenvalue weighted by Gasteiger charge is 2.26. The predicted molar refractivity (Wildman–Crippen MR) is 114 cm³/mol. The van der Waals surface area contributed by atoms with Gasteiger partial charge < -0.3 is 0 Å². The summed E-state index contributed by atoms with van der Waals surface area (Å²) in [6.07, 6.45) is 17.3. The van der Waals surface area contributed by atoms with Crippen LogP contribution in [0.2, 0.25) is 0 Å². The molecule has 0 spiro atoms. The molecule has 1 aliphatic carbocycles. The van der Waals surface area contributed by atoms with E-state index in [2.05, 4.69) is 51.8 Å². The Morgan fingerprint density at radius 3 is 2.62 bits per heavy atom. The molecular weight excluding hydrogens is 321 g/mol. The maximum atomic E-state index is 13.9. The summed E-state index contributed by atoms with van der Waals surface area (Å²) in [6.45, 7) is 13.5. The highest BCUT2D eigenvalue weighted by atomic mass is 19.1. The molecular formula is C24H36FN. The number of aliphatic imine (C=N–C) groups is 1. The van der Waals surface area contributed by atoms with Gasteiger partial charge in [0, 0.05) is 6.54 Å². The van der Waals surface area contributed by atoms with E-state index in [9.17, 15) is 4.39 Å². The Hall–Kier alpha value is -1.70. The van der Waals surface area contributed by atoms with Gasteiger partial charge in [0.2, 0.25) is 0 Å². The Bertz CT molecular complexity index is 639. The minimum absolute atomic E-state index is 0.258. The standard InChI is InChI=1S/C24H36FN/c1-7-8-17-26-18-23(25)21(4)12-9-11-19(2)14-15-22-20(3)13-10-16-24(22,5)6/h9,11-12,14-15,18H,7-8,10,13,16-17H2,1-6H3/b12-9+,15-14+,19-11+,23-21-,26-18?. The molecule has 0 fully saturated rings. The molecule has 0 amide bonds. The van der Waals surface area contributed by atoms with Crippen molar-refractivity contribution in [3.05, 3.63) is 58.5 Å². The number of hydrogen-bond donors (Lipinski definition) is 0.